The van der Waals surface area contributed by atoms with Crippen LogP contribution in [0.4, 0.5) is 0 Å². The van der Waals surface area contributed by atoms with E-state index in [0.717, 1.165) is 19.3 Å². The molecule has 5 nitrogen and oxygen atoms in total. The van der Waals surface area contributed by atoms with Crippen molar-refractivity contribution >= 4 is 11.9 Å². The van der Waals surface area contributed by atoms with Crippen LogP contribution in [0.2, 0.25) is 0 Å². The Morgan fingerprint density at radius 3 is 1.32 bits per heavy atom. The summed E-state index contributed by atoms with van der Waals surface area (Å²) in [5.41, 5.74) is 5.45. The van der Waals surface area contributed by atoms with Gasteiger partial charge in [0.1, 0.15) is 6.04 Å². The van der Waals surface area contributed by atoms with E-state index in [4.69, 9.17) is 10.8 Å². The second-order valence-corrected chi connectivity index (χ2v) is 8.31. The van der Waals surface area contributed by atoms with Gasteiger partial charge >= 0.3 is 11.9 Å². The average molecular weight is 400 g/mol. The fourth-order valence-corrected chi connectivity index (χ4v) is 3.69. The smallest absolute Gasteiger partial charge is 0.320 e. The van der Waals surface area contributed by atoms with Crippen LogP contribution >= 0.6 is 0 Å². The number of hydrogen-bond acceptors (Lipinski definition) is 3. The van der Waals surface area contributed by atoms with Gasteiger partial charge in [0, 0.05) is 0 Å². The highest BCUT2D eigenvalue weighted by atomic mass is 16.4. The molecule has 0 aromatic carbocycles. The molecule has 0 aliphatic rings. The Balaban J connectivity index is 3.40. The molecule has 0 bridgehead atoms. The lowest BCUT2D eigenvalue weighted by molar-refractivity contribution is -0.143. The molecule has 2 atom stereocenters. The van der Waals surface area contributed by atoms with E-state index >= 15 is 0 Å². The van der Waals surface area contributed by atoms with E-state index in [9.17, 15) is 14.7 Å². The van der Waals surface area contributed by atoms with Crippen LogP contribution in [0.25, 0.3) is 0 Å². The molecule has 0 aromatic rings. The third kappa shape index (κ3) is 17.0. The number of carboxylic acids is 2. The first kappa shape index (κ1) is 26.9. The maximum Gasteiger partial charge on any atom is 0.320 e. The van der Waals surface area contributed by atoms with E-state index in [0.29, 0.717) is 6.42 Å². The highest BCUT2D eigenvalue weighted by Gasteiger charge is 2.23. The van der Waals surface area contributed by atoms with Gasteiger partial charge in [-0.05, 0) is 12.8 Å². The van der Waals surface area contributed by atoms with Crippen molar-refractivity contribution in [2.75, 3.05) is 0 Å². The highest BCUT2D eigenvalue weighted by molar-refractivity contribution is 5.75. The first-order valence-electron chi connectivity index (χ1n) is 11.7. The number of unbranched alkanes of at least 4 members (excludes halogenated alkanes) is 15. The minimum Gasteiger partial charge on any atom is -0.481 e. The number of carboxylic acid groups (broad SMARTS) is 2. The Bertz CT molecular complexity index is 387. The molecule has 166 valence electrons. The Morgan fingerprint density at radius 1 is 0.643 bits per heavy atom. The van der Waals surface area contributed by atoms with Gasteiger partial charge in [0.05, 0.1) is 5.92 Å². The molecule has 1 unspecified atom stereocenters. The number of rotatable bonds is 21. The molecular weight excluding hydrogens is 354 g/mol. The summed E-state index contributed by atoms with van der Waals surface area (Å²) < 4.78 is 0. The minimum atomic E-state index is -1.13. The zero-order valence-electron chi connectivity index (χ0n) is 18.2. The van der Waals surface area contributed by atoms with E-state index in [2.05, 4.69) is 6.92 Å². The summed E-state index contributed by atoms with van der Waals surface area (Å²) in [5.74, 6) is -2.70. The standard InChI is InChI=1S/C23H45NO4/c1-2-3-4-5-6-7-8-9-10-11-12-13-14-15-16-17-18-20(22(25)26)19-21(24)23(27)28/h20-21H,2-19,24H2,1H3,(H,25,26)(H,27,28)/t20?,21-/m0/s1. The van der Waals surface area contributed by atoms with Crippen LogP contribution in [0.3, 0.4) is 0 Å². The molecule has 4 N–H and O–H groups in total. The monoisotopic (exact) mass is 399 g/mol. The van der Waals surface area contributed by atoms with Gasteiger partial charge in [0.2, 0.25) is 0 Å². The number of hydrogen-bond donors (Lipinski definition) is 3. The van der Waals surface area contributed by atoms with Crippen LogP contribution in [-0.2, 0) is 9.59 Å². The predicted octanol–water partition coefficient (Wildman–Crippen LogP) is 6.14. The van der Waals surface area contributed by atoms with E-state index in [1.807, 2.05) is 0 Å². The molecule has 0 spiro atoms. The molecule has 0 saturated carbocycles. The van der Waals surface area contributed by atoms with Crippen molar-refractivity contribution in [3.05, 3.63) is 0 Å². The Morgan fingerprint density at radius 2 is 1.00 bits per heavy atom. The molecule has 5 heteroatoms. The SMILES string of the molecule is CCCCCCCCCCCCCCCCCCC(C[C@H](N)C(=O)O)C(=O)O. The maximum absolute atomic E-state index is 11.2. The van der Waals surface area contributed by atoms with Gasteiger partial charge in [-0.3, -0.25) is 9.59 Å². The van der Waals surface area contributed by atoms with Crippen molar-refractivity contribution < 1.29 is 19.8 Å². The normalized spacial score (nSPS) is 13.4. The van der Waals surface area contributed by atoms with Gasteiger partial charge in [0.25, 0.3) is 0 Å². The first-order chi connectivity index (χ1) is 13.5. The second kappa shape index (κ2) is 19.2. The molecule has 28 heavy (non-hydrogen) atoms. The zero-order valence-corrected chi connectivity index (χ0v) is 18.2. The van der Waals surface area contributed by atoms with Gasteiger partial charge in [-0.2, -0.15) is 0 Å². The van der Waals surface area contributed by atoms with Crippen LogP contribution < -0.4 is 5.73 Å². The van der Waals surface area contributed by atoms with E-state index in [1.165, 1.54) is 83.5 Å². The molecule has 0 heterocycles. The quantitative estimate of drug-likeness (QED) is 0.201. The molecule has 0 rings (SSSR count). The maximum atomic E-state index is 11.2. The van der Waals surface area contributed by atoms with E-state index in [-0.39, 0.29) is 6.42 Å². The third-order valence-electron chi connectivity index (χ3n) is 5.61. The van der Waals surface area contributed by atoms with Gasteiger partial charge in [0.15, 0.2) is 0 Å². The molecule has 0 aromatic heterocycles. The van der Waals surface area contributed by atoms with E-state index in [1.54, 1.807) is 0 Å². The number of carbonyl (C=O) groups is 2. The average Bonchev–Trinajstić information content (AvgIpc) is 2.66. The van der Waals surface area contributed by atoms with Crippen LogP contribution in [0.1, 0.15) is 122 Å². The fourth-order valence-electron chi connectivity index (χ4n) is 3.69. The van der Waals surface area contributed by atoms with Gasteiger partial charge in [-0.1, -0.05) is 110 Å². The van der Waals surface area contributed by atoms with Gasteiger partial charge < -0.3 is 15.9 Å². The lowest BCUT2D eigenvalue weighted by Crippen LogP contribution is -2.34. The molecular formula is C23H45NO4. The topological polar surface area (TPSA) is 101 Å². The lowest BCUT2D eigenvalue weighted by atomic mass is 9.94. The summed E-state index contributed by atoms with van der Waals surface area (Å²) in [6, 6.07) is -1.08. The van der Waals surface area contributed by atoms with Crippen LogP contribution in [-0.4, -0.2) is 28.2 Å². The molecule has 0 saturated heterocycles. The number of nitrogens with two attached hydrogens (primary N) is 1. The summed E-state index contributed by atoms with van der Waals surface area (Å²) in [4.78, 5) is 22.0. The van der Waals surface area contributed by atoms with Crippen LogP contribution in [0, 0.1) is 5.92 Å². The van der Waals surface area contributed by atoms with Crippen molar-refractivity contribution in [1.82, 2.24) is 0 Å². The predicted molar refractivity (Wildman–Crippen MR) is 116 cm³/mol. The summed E-state index contributed by atoms with van der Waals surface area (Å²) in [5, 5.41) is 18.0. The lowest BCUT2D eigenvalue weighted by Gasteiger charge is -2.14. The van der Waals surface area contributed by atoms with Gasteiger partial charge in [-0.25, -0.2) is 0 Å². The van der Waals surface area contributed by atoms with Crippen molar-refractivity contribution in [3.8, 4) is 0 Å². The van der Waals surface area contributed by atoms with Crippen LogP contribution in [0.15, 0.2) is 0 Å². The van der Waals surface area contributed by atoms with E-state index < -0.39 is 23.9 Å². The third-order valence-corrected chi connectivity index (χ3v) is 5.61. The molecule has 0 radical (unpaired) electrons. The minimum absolute atomic E-state index is 0.0173. The van der Waals surface area contributed by atoms with Crippen molar-refractivity contribution in [2.24, 2.45) is 11.7 Å². The Hall–Kier alpha value is -1.10. The highest BCUT2D eigenvalue weighted by Crippen LogP contribution is 2.18. The largest absolute Gasteiger partial charge is 0.481 e. The zero-order chi connectivity index (χ0) is 21.0. The fraction of sp³-hybridized carbons (Fsp3) is 0.913. The van der Waals surface area contributed by atoms with Crippen molar-refractivity contribution in [2.45, 2.75) is 129 Å². The van der Waals surface area contributed by atoms with Crippen molar-refractivity contribution in [3.63, 3.8) is 0 Å². The Kier molecular flexibility index (Phi) is 18.5. The molecule has 0 aliphatic carbocycles. The van der Waals surface area contributed by atoms with Crippen LogP contribution in [0.5, 0.6) is 0 Å². The second-order valence-electron chi connectivity index (χ2n) is 8.31. The summed E-state index contributed by atoms with van der Waals surface area (Å²) in [6.07, 6.45) is 21.1. The number of aliphatic carboxylic acids is 2. The molecule has 0 amide bonds. The summed E-state index contributed by atoms with van der Waals surface area (Å²) in [6.45, 7) is 2.26. The summed E-state index contributed by atoms with van der Waals surface area (Å²) in [7, 11) is 0. The summed E-state index contributed by atoms with van der Waals surface area (Å²) >= 11 is 0. The molecule has 0 fully saturated rings. The first-order valence-corrected chi connectivity index (χ1v) is 11.7. The Labute approximate surface area is 172 Å². The molecule has 0 aliphatic heterocycles. The van der Waals surface area contributed by atoms with Gasteiger partial charge in [-0.15, -0.1) is 0 Å². The van der Waals surface area contributed by atoms with Crippen molar-refractivity contribution in [1.29, 1.82) is 0 Å².